The second kappa shape index (κ2) is 8.52. The number of carbonyl (C=O) groups excluding carboxylic acids is 2. The molecule has 28 heavy (non-hydrogen) atoms. The first-order valence-corrected chi connectivity index (χ1v) is 9.19. The van der Waals surface area contributed by atoms with Crippen LogP contribution in [0.25, 0.3) is 0 Å². The minimum absolute atomic E-state index is 0.219. The van der Waals surface area contributed by atoms with Gasteiger partial charge in [0, 0.05) is 36.7 Å². The van der Waals surface area contributed by atoms with Gasteiger partial charge >= 0.3 is 6.18 Å². The highest BCUT2D eigenvalue weighted by atomic mass is 19.4. The van der Waals surface area contributed by atoms with Gasteiger partial charge in [0.05, 0.1) is 19.5 Å². The van der Waals surface area contributed by atoms with E-state index in [4.69, 9.17) is 9.15 Å². The lowest BCUT2D eigenvalue weighted by Crippen LogP contribution is -2.52. The fraction of sp³-hybridized carbons (Fsp3) is 0.667. The molecule has 2 atom stereocenters. The summed E-state index contributed by atoms with van der Waals surface area (Å²) in [5.74, 6) is -0.622. The fourth-order valence-corrected chi connectivity index (χ4v) is 3.45. The Kier molecular flexibility index (Phi) is 6.29. The molecule has 1 saturated heterocycles. The van der Waals surface area contributed by atoms with Crippen molar-refractivity contribution in [2.24, 2.45) is 0 Å². The van der Waals surface area contributed by atoms with Crippen LogP contribution in [0.2, 0.25) is 0 Å². The third kappa shape index (κ3) is 5.05. The van der Waals surface area contributed by atoms with Crippen LogP contribution in [0, 0.1) is 0 Å². The summed E-state index contributed by atoms with van der Waals surface area (Å²) < 4.78 is 52.2. The van der Waals surface area contributed by atoms with Crippen LogP contribution in [0.15, 0.2) is 10.7 Å². The average Bonchev–Trinajstić information content (AvgIpc) is 3.09. The molecule has 0 spiro atoms. The molecule has 0 aromatic carbocycles. The molecule has 0 saturated carbocycles. The highest BCUT2D eigenvalue weighted by Gasteiger charge is 2.33. The second-order valence-corrected chi connectivity index (χ2v) is 7.04. The SMILES string of the molecule is CC(OCC(F)(F)F)C(=O)N1CCCC(NC(=O)c2occ3c2CCOC3)C1. The minimum Gasteiger partial charge on any atom is -0.459 e. The first kappa shape index (κ1) is 20.7. The number of piperidine rings is 1. The maximum atomic E-state index is 12.6. The summed E-state index contributed by atoms with van der Waals surface area (Å²) in [5, 5.41) is 2.86. The van der Waals surface area contributed by atoms with Crippen LogP contribution in [0.3, 0.4) is 0 Å². The van der Waals surface area contributed by atoms with Crippen LogP contribution < -0.4 is 5.32 Å². The van der Waals surface area contributed by atoms with Crippen LogP contribution in [-0.2, 0) is 27.3 Å². The number of amides is 2. The van der Waals surface area contributed by atoms with Gasteiger partial charge in [-0.1, -0.05) is 0 Å². The van der Waals surface area contributed by atoms with Crippen LogP contribution in [0.5, 0.6) is 0 Å². The van der Waals surface area contributed by atoms with Gasteiger partial charge in [-0.25, -0.2) is 0 Å². The molecule has 156 valence electrons. The zero-order valence-corrected chi connectivity index (χ0v) is 15.5. The van der Waals surface area contributed by atoms with E-state index in [0.717, 1.165) is 11.1 Å². The van der Waals surface area contributed by atoms with Crippen LogP contribution in [-0.4, -0.2) is 61.3 Å². The quantitative estimate of drug-likeness (QED) is 0.813. The lowest BCUT2D eigenvalue weighted by atomic mass is 10.0. The molecule has 0 bridgehead atoms. The molecule has 1 aromatic heterocycles. The summed E-state index contributed by atoms with van der Waals surface area (Å²) in [5.41, 5.74) is 1.69. The topological polar surface area (TPSA) is 81.0 Å². The second-order valence-electron chi connectivity index (χ2n) is 7.04. The molecule has 2 aliphatic heterocycles. The zero-order chi connectivity index (χ0) is 20.3. The summed E-state index contributed by atoms with van der Waals surface area (Å²) >= 11 is 0. The third-order valence-electron chi connectivity index (χ3n) is 4.85. The number of rotatable bonds is 5. The number of hydrogen-bond acceptors (Lipinski definition) is 5. The van der Waals surface area contributed by atoms with Gasteiger partial charge in [0.25, 0.3) is 11.8 Å². The number of ether oxygens (including phenoxy) is 2. The van der Waals surface area contributed by atoms with E-state index < -0.39 is 24.8 Å². The first-order chi connectivity index (χ1) is 13.2. The van der Waals surface area contributed by atoms with Crippen molar-refractivity contribution in [1.82, 2.24) is 10.2 Å². The molecular weight excluding hydrogens is 381 g/mol. The molecule has 7 nitrogen and oxygen atoms in total. The van der Waals surface area contributed by atoms with Crippen molar-refractivity contribution < 1.29 is 36.7 Å². The van der Waals surface area contributed by atoms with Gasteiger partial charge in [-0.3, -0.25) is 9.59 Å². The van der Waals surface area contributed by atoms with Crippen LogP contribution >= 0.6 is 0 Å². The van der Waals surface area contributed by atoms with E-state index in [1.807, 2.05) is 0 Å². The van der Waals surface area contributed by atoms with E-state index in [0.29, 0.717) is 39.0 Å². The summed E-state index contributed by atoms with van der Waals surface area (Å²) in [6.45, 7) is 1.39. The van der Waals surface area contributed by atoms with Crippen molar-refractivity contribution in [2.75, 3.05) is 26.3 Å². The van der Waals surface area contributed by atoms with E-state index in [2.05, 4.69) is 10.1 Å². The molecule has 2 aliphatic rings. The molecular formula is C18H23F3N2O5. The fourth-order valence-electron chi connectivity index (χ4n) is 3.45. The van der Waals surface area contributed by atoms with Crippen molar-refractivity contribution >= 4 is 11.8 Å². The summed E-state index contributed by atoms with van der Waals surface area (Å²) in [6, 6.07) is -0.305. The van der Waals surface area contributed by atoms with E-state index in [1.165, 1.54) is 18.1 Å². The number of likely N-dealkylation sites (tertiary alicyclic amines) is 1. The predicted octanol–water partition coefficient (Wildman–Crippen LogP) is 2.04. The number of fused-ring (bicyclic) bond motifs is 1. The van der Waals surface area contributed by atoms with E-state index in [-0.39, 0.29) is 24.3 Å². The molecule has 1 N–H and O–H groups in total. The smallest absolute Gasteiger partial charge is 0.411 e. The molecule has 1 aromatic rings. The highest BCUT2D eigenvalue weighted by Crippen LogP contribution is 2.23. The number of furan rings is 1. The van der Waals surface area contributed by atoms with Crippen molar-refractivity contribution in [2.45, 2.75) is 51.1 Å². The number of carbonyl (C=O) groups is 2. The summed E-state index contributed by atoms with van der Waals surface area (Å²) in [7, 11) is 0. The number of nitrogens with zero attached hydrogens (tertiary/aromatic N) is 1. The van der Waals surface area contributed by atoms with Crippen molar-refractivity contribution in [3.05, 3.63) is 23.2 Å². The lowest BCUT2D eigenvalue weighted by molar-refractivity contribution is -0.188. The Balaban J connectivity index is 1.55. The molecule has 3 heterocycles. The Bertz CT molecular complexity index is 719. The minimum atomic E-state index is -4.49. The highest BCUT2D eigenvalue weighted by molar-refractivity contribution is 5.93. The normalized spacial score (nSPS) is 21.1. The molecule has 1 fully saturated rings. The molecule has 0 radical (unpaired) electrons. The van der Waals surface area contributed by atoms with E-state index in [9.17, 15) is 22.8 Å². The number of hydrogen-bond donors (Lipinski definition) is 1. The van der Waals surface area contributed by atoms with E-state index in [1.54, 1.807) is 0 Å². The van der Waals surface area contributed by atoms with Gasteiger partial charge in [-0.2, -0.15) is 13.2 Å². The third-order valence-corrected chi connectivity index (χ3v) is 4.85. The summed E-state index contributed by atoms with van der Waals surface area (Å²) in [4.78, 5) is 26.4. The van der Waals surface area contributed by atoms with Gasteiger partial charge in [0.15, 0.2) is 5.76 Å². The Hall–Kier alpha value is -2.07. The zero-order valence-electron chi connectivity index (χ0n) is 15.5. The standard InChI is InChI=1S/C18H23F3N2O5/c1-11(28-10-18(19,20)21)17(25)23-5-2-3-13(7-23)22-16(24)15-14-4-6-26-8-12(14)9-27-15/h9,11,13H,2-8,10H2,1H3,(H,22,24). The van der Waals surface area contributed by atoms with Gasteiger partial charge in [-0.05, 0) is 19.8 Å². The maximum Gasteiger partial charge on any atom is 0.411 e. The first-order valence-electron chi connectivity index (χ1n) is 9.19. The molecule has 3 rings (SSSR count). The Morgan fingerprint density at radius 3 is 2.96 bits per heavy atom. The predicted molar refractivity (Wildman–Crippen MR) is 90.6 cm³/mol. The molecule has 0 aliphatic carbocycles. The van der Waals surface area contributed by atoms with Gasteiger partial charge in [0.2, 0.25) is 0 Å². The lowest BCUT2D eigenvalue weighted by Gasteiger charge is -2.34. The Morgan fingerprint density at radius 2 is 2.21 bits per heavy atom. The number of alkyl halides is 3. The summed E-state index contributed by atoms with van der Waals surface area (Å²) in [6.07, 6.45) is -2.28. The largest absolute Gasteiger partial charge is 0.459 e. The van der Waals surface area contributed by atoms with Crippen LogP contribution in [0.4, 0.5) is 13.2 Å². The van der Waals surface area contributed by atoms with Crippen molar-refractivity contribution in [1.29, 1.82) is 0 Å². The van der Waals surface area contributed by atoms with Crippen molar-refractivity contribution in [3.63, 3.8) is 0 Å². The monoisotopic (exact) mass is 404 g/mol. The Morgan fingerprint density at radius 1 is 1.43 bits per heavy atom. The number of halogens is 3. The molecule has 2 unspecified atom stereocenters. The maximum absolute atomic E-state index is 12.6. The van der Waals surface area contributed by atoms with Crippen molar-refractivity contribution in [3.8, 4) is 0 Å². The van der Waals surface area contributed by atoms with Crippen LogP contribution in [0.1, 0.15) is 41.4 Å². The van der Waals surface area contributed by atoms with Gasteiger partial charge < -0.3 is 24.1 Å². The Labute approximate surface area is 160 Å². The average molecular weight is 404 g/mol. The van der Waals surface area contributed by atoms with Gasteiger partial charge in [-0.15, -0.1) is 0 Å². The molecule has 2 amide bonds. The molecule has 10 heteroatoms. The van der Waals surface area contributed by atoms with Gasteiger partial charge in [0.1, 0.15) is 12.7 Å². The number of nitrogens with one attached hydrogen (secondary N) is 1. The van der Waals surface area contributed by atoms with E-state index >= 15 is 0 Å².